The van der Waals surface area contributed by atoms with Crippen LogP contribution < -0.4 is 11.1 Å². The molecule has 0 spiro atoms. The quantitative estimate of drug-likeness (QED) is 0.443. The van der Waals surface area contributed by atoms with Crippen LogP contribution in [0.5, 0.6) is 0 Å². The highest BCUT2D eigenvalue weighted by molar-refractivity contribution is 7.98. The molecule has 132 valence electrons. The third kappa shape index (κ3) is 5.36. The molecule has 0 saturated carbocycles. The molecule has 0 aromatic rings. The first-order valence-electron chi connectivity index (χ1n) is 7.55. The summed E-state index contributed by atoms with van der Waals surface area (Å²) >= 11 is 1.59. The van der Waals surface area contributed by atoms with E-state index in [4.69, 9.17) is 10.8 Å². The molecule has 0 radical (unpaired) electrons. The first-order chi connectivity index (χ1) is 10.8. The zero-order valence-corrected chi connectivity index (χ0v) is 14.2. The molecule has 4 atom stereocenters. The molecule has 23 heavy (non-hydrogen) atoms. The van der Waals surface area contributed by atoms with Crippen LogP contribution in [0.2, 0.25) is 0 Å². The summed E-state index contributed by atoms with van der Waals surface area (Å²) in [5.74, 6) is -1.43. The molecule has 5 N–H and O–H groups in total. The van der Waals surface area contributed by atoms with Gasteiger partial charge >= 0.3 is 5.97 Å². The summed E-state index contributed by atoms with van der Waals surface area (Å²) in [6.07, 6.45) is 2.33. The SMILES string of the molecule is CSCC[C@H](N)C(=O)N1CCC[C@H]1C(=O)N[C@H](C(=O)O)[C@@H](C)O. The normalized spacial score (nSPS) is 21.6. The van der Waals surface area contributed by atoms with E-state index in [2.05, 4.69) is 5.32 Å². The summed E-state index contributed by atoms with van der Waals surface area (Å²) in [6, 6.07) is -2.79. The van der Waals surface area contributed by atoms with Gasteiger partial charge in [0.1, 0.15) is 6.04 Å². The van der Waals surface area contributed by atoms with Gasteiger partial charge in [-0.25, -0.2) is 4.79 Å². The standard InChI is InChI=1S/C14H25N3O5S/c1-8(18)11(14(21)22)16-12(19)10-4-3-6-17(10)13(20)9(15)5-7-23-2/h8-11,18H,3-7,15H2,1-2H3,(H,16,19)(H,21,22)/t8-,9+,10+,11+/m1/s1. The highest BCUT2D eigenvalue weighted by Gasteiger charge is 2.38. The number of hydrogen-bond acceptors (Lipinski definition) is 6. The van der Waals surface area contributed by atoms with Gasteiger partial charge in [0.15, 0.2) is 6.04 Å². The summed E-state index contributed by atoms with van der Waals surface area (Å²) in [7, 11) is 0. The van der Waals surface area contributed by atoms with Crippen LogP contribution >= 0.6 is 11.8 Å². The van der Waals surface area contributed by atoms with E-state index >= 15 is 0 Å². The van der Waals surface area contributed by atoms with Crippen LogP contribution in [0, 0.1) is 0 Å². The highest BCUT2D eigenvalue weighted by Crippen LogP contribution is 2.19. The average Bonchev–Trinajstić information content (AvgIpc) is 2.97. The molecule has 0 aromatic heterocycles. The van der Waals surface area contributed by atoms with Crippen molar-refractivity contribution >= 4 is 29.5 Å². The maximum absolute atomic E-state index is 12.4. The van der Waals surface area contributed by atoms with Crippen molar-refractivity contribution in [3.05, 3.63) is 0 Å². The largest absolute Gasteiger partial charge is 0.480 e. The molecule has 1 saturated heterocycles. The monoisotopic (exact) mass is 347 g/mol. The molecule has 0 unspecified atom stereocenters. The van der Waals surface area contributed by atoms with Gasteiger partial charge in [0.2, 0.25) is 11.8 Å². The van der Waals surface area contributed by atoms with Crippen molar-refractivity contribution in [2.75, 3.05) is 18.6 Å². The van der Waals surface area contributed by atoms with E-state index < -0.39 is 36.1 Å². The van der Waals surface area contributed by atoms with E-state index in [0.717, 1.165) is 5.75 Å². The number of thioether (sulfide) groups is 1. The minimum atomic E-state index is -1.40. The van der Waals surface area contributed by atoms with Crippen LogP contribution in [0.4, 0.5) is 0 Å². The maximum Gasteiger partial charge on any atom is 0.328 e. The van der Waals surface area contributed by atoms with Gasteiger partial charge in [-0.1, -0.05) is 0 Å². The van der Waals surface area contributed by atoms with Crippen molar-refractivity contribution in [1.29, 1.82) is 0 Å². The van der Waals surface area contributed by atoms with Crippen molar-refractivity contribution < 1.29 is 24.6 Å². The zero-order valence-electron chi connectivity index (χ0n) is 13.4. The number of aliphatic hydroxyl groups is 1. The third-order valence-electron chi connectivity index (χ3n) is 3.83. The van der Waals surface area contributed by atoms with Crippen molar-refractivity contribution in [1.82, 2.24) is 10.2 Å². The number of aliphatic hydroxyl groups excluding tert-OH is 1. The van der Waals surface area contributed by atoms with E-state index in [9.17, 15) is 19.5 Å². The Morgan fingerprint density at radius 2 is 2.09 bits per heavy atom. The Kier molecular flexibility index (Phi) is 7.80. The molecule has 1 heterocycles. The molecule has 1 aliphatic rings. The lowest BCUT2D eigenvalue weighted by Crippen LogP contribution is -2.56. The second kappa shape index (κ2) is 9.09. The fourth-order valence-electron chi connectivity index (χ4n) is 2.52. The number of nitrogens with one attached hydrogen (secondary N) is 1. The predicted molar refractivity (Wildman–Crippen MR) is 87.0 cm³/mol. The first-order valence-corrected chi connectivity index (χ1v) is 8.95. The minimum Gasteiger partial charge on any atom is -0.480 e. The Morgan fingerprint density at radius 3 is 2.61 bits per heavy atom. The lowest BCUT2D eigenvalue weighted by atomic mass is 10.1. The van der Waals surface area contributed by atoms with Gasteiger partial charge < -0.3 is 26.2 Å². The van der Waals surface area contributed by atoms with Gasteiger partial charge in [0, 0.05) is 6.54 Å². The first kappa shape index (κ1) is 19.7. The highest BCUT2D eigenvalue weighted by atomic mass is 32.2. The molecular weight excluding hydrogens is 322 g/mol. The number of amides is 2. The summed E-state index contributed by atoms with van der Waals surface area (Å²) in [5.41, 5.74) is 5.87. The zero-order chi connectivity index (χ0) is 17.6. The maximum atomic E-state index is 12.4. The van der Waals surface area contributed by atoms with Crippen LogP contribution in [-0.2, 0) is 14.4 Å². The Bertz CT molecular complexity index is 446. The molecule has 0 bridgehead atoms. The van der Waals surface area contributed by atoms with Crippen molar-refractivity contribution in [3.8, 4) is 0 Å². The fraction of sp³-hybridized carbons (Fsp3) is 0.786. The van der Waals surface area contributed by atoms with E-state index in [1.165, 1.54) is 11.8 Å². The van der Waals surface area contributed by atoms with Crippen LogP contribution in [0.15, 0.2) is 0 Å². The van der Waals surface area contributed by atoms with E-state index in [-0.39, 0.29) is 5.91 Å². The molecule has 9 heteroatoms. The van der Waals surface area contributed by atoms with Gasteiger partial charge in [-0.15, -0.1) is 0 Å². The van der Waals surface area contributed by atoms with Gasteiger partial charge in [-0.05, 0) is 38.2 Å². The number of likely N-dealkylation sites (tertiary alicyclic amines) is 1. The molecule has 0 aromatic carbocycles. The molecular formula is C14H25N3O5S. The number of carbonyl (C=O) groups excluding carboxylic acids is 2. The van der Waals surface area contributed by atoms with Gasteiger partial charge in [0.25, 0.3) is 0 Å². The summed E-state index contributed by atoms with van der Waals surface area (Å²) in [4.78, 5) is 37.1. The van der Waals surface area contributed by atoms with Crippen LogP contribution in [0.1, 0.15) is 26.2 Å². The number of carboxylic acid groups (broad SMARTS) is 1. The van der Waals surface area contributed by atoms with Crippen LogP contribution in [0.3, 0.4) is 0 Å². The Balaban J connectivity index is 2.72. The summed E-state index contributed by atoms with van der Waals surface area (Å²) < 4.78 is 0. The molecule has 1 fully saturated rings. The second-order valence-electron chi connectivity index (χ2n) is 5.64. The molecule has 1 aliphatic heterocycles. The molecule has 0 aliphatic carbocycles. The number of aliphatic carboxylic acids is 1. The Labute approximate surface area is 139 Å². The third-order valence-corrected chi connectivity index (χ3v) is 4.48. The van der Waals surface area contributed by atoms with Gasteiger partial charge in [-0.2, -0.15) is 11.8 Å². The van der Waals surface area contributed by atoms with Crippen LogP contribution in [-0.4, -0.2) is 75.7 Å². The van der Waals surface area contributed by atoms with E-state index in [1.54, 1.807) is 11.8 Å². The molecule has 2 amide bonds. The minimum absolute atomic E-state index is 0.291. The van der Waals surface area contributed by atoms with Gasteiger partial charge in [0.05, 0.1) is 12.1 Å². The van der Waals surface area contributed by atoms with Crippen molar-refractivity contribution in [2.45, 2.75) is 50.4 Å². The van der Waals surface area contributed by atoms with E-state index in [0.29, 0.717) is 25.8 Å². The van der Waals surface area contributed by atoms with Crippen molar-refractivity contribution in [3.63, 3.8) is 0 Å². The van der Waals surface area contributed by atoms with E-state index in [1.807, 2.05) is 6.26 Å². The molecule has 1 rings (SSSR count). The fourth-order valence-corrected chi connectivity index (χ4v) is 3.01. The summed E-state index contributed by atoms with van der Waals surface area (Å²) in [6.45, 7) is 1.71. The average molecular weight is 347 g/mol. The van der Waals surface area contributed by atoms with Crippen LogP contribution in [0.25, 0.3) is 0 Å². The lowest BCUT2D eigenvalue weighted by molar-refractivity contribution is -0.146. The predicted octanol–water partition coefficient (Wildman–Crippen LogP) is -0.992. The summed E-state index contributed by atoms with van der Waals surface area (Å²) in [5, 5.41) is 20.8. The number of hydrogen-bond donors (Lipinski definition) is 4. The number of carbonyl (C=O) groups is 3. The van der Waals surface area contributed by atoms with Gasteiger partial charge in [-0.3, -0.25) is 9.59 Å². The smallest absolute Gasteiger partial charge is 0.328 e. The number of nitrogens with zero attached hydrogens (tertiary/aromatic N) is 1. The number of carboxylic acids is 1. The number of rotatable bonds is 8. The Hall–Kier alpha value is -1.32. The second-order valence-corrected chi connectivity index (χ2v) is 6.63. The number of nitrogens with two attached hydrogens (primary N) is 1. The van der Waals surface area contributed by atoms with Crippen molar-refractivity contribution in [2.24, 2.45) is 5.73 Å². The Morgan fingerprint density at radius 1 is 1.43 bits per heavy atom. The topological polar surface area (TPSA) is 133 Å². The molecule has 8 nitrogen and oxygen atoms in total. The lowest BCUT2D eigenvalue weighted by Gasteiger charge is -2.28.